The van der Waals surface area contributed by atoms with E-state index < -0.39 is 22.0 Å². The topological polar surface area (TPSA) is 105 Å². The van der Waals surface area contributed by atoms with Crippen molar-refractivity contribution in [2.75, 3.05) is 37.8 Å². The average molecular weight is 573 g/mol. The lowest BCUT2D eigenvalue weighted by Crippen LogP contribution is -2.50. The first-order chi connectivity index (χ1) is 18.7. The predicted molar refractivity (Wildman–Crippen MR) is 149 cm³/mol. The highest BCUT2D eigenvalue weighted by atomic mass is 35.5. The predicted octanol–water partition coefficient (Wildman–Crippen LogP) is 3.80. The number of fused-ring (bicyclic) bond motifs is 4. The second-order valence-electron chi connectivity index (χ2n) is 11.2. The second-order valence-corrected chi connectivity index (χ2v) is 13.2. The van der Waals surface area contributed by atoms with Gasteiger partial charge in [0.15, 0.2) is 0 Å². The highest BCUT2D eigenvalue weighted by molar-refractivity contribution is 7.92. The summed E-state index contributed by atoms with van der Waals surface area (Å²) >= 11 is 6.35. The molecule has 1 amide bonds. The van der Waals surface area contributed by atoms with E-state index in [1.54, 1.807) is 18.2 Å². The standard InChI is InChI=1S/C29H33ClN2O6S/c30-22-6-8-24-19(13-22)3-1-10-29(24)17-32-15-21-4-7-23(21)26(33)16-37-11-2-12-39(35,36)31-28(34)20-5-9-27(38-18-29)25(32)14-20/h2,5-6,8-9,12-14,21,23,26,33H,1,3-4,7,10-11,15-18H2,(H,31,34)/b12-2+/t21-,23+,26+,29-/m0/s1. The molecule has 10 heteroatoms. The molecule has 0 aromatic heterocycles. The first-order valence-electron chi connectivity index (χ1n) is 13.5. The van der Waals surface area contributed by atoms with Gasteiger partial charge < -0.3 is 19.5 Å². The van der Waals surface area contributed by atoms with Gasteiger partial charge in [-0.15, -0.1) is 0 Å². The molecular weight excluding hydrogens is 540 g/mol. The minimum atomic E-state index is -4.01. The highest BCUT2D eigenvalue weighted by Gasteiger charge is 2.44. The molecule has 4 atom stereocenters. The highest BCUT2D eigenvalue weighted by Crippen LogP contribution is 2.46. The van der Waals surface area contributed by atoms with Crippen LogP contribution in [0.4, 0.5) is 5.69 Å². The van der Waals surface area contributed by atoms with Crippen molar-refractivity contribution < 1.29 is 27.8 Å². The summed E-state index contributed by atoms with van der Waals surface area (Å²) in [5, 5.41) is 12.5. The van der Waals surface area contributed by atoms with Gasteiger partial charge in [-0.2, -0.15) is 0 Å². The Bertz CT molecular complexity index is 1410. The quantitative estimate of drug-likeness (QED) is 0.495. The lowest BCUT2D eigenvalue weighted by molar-refractivity contribution is -0.0367. The Balaban J connectivity index is 1.42. The van der Waals surface area contributed by atoms with Crippen molar-refractivity contribution >= 4 is 33.2 Å². The Hall–Kier alpha value is -2.59. The molecule has 1 saturated carbocycles. The van der Waals surface area contributed by atoms with E-state index in [9.17, 15) is 18.3 Å². The van der Waals surface area contributed by atoms with Crippen molar-refractivity contribution in [3.05, 3.63) is 69.6 Å². The number of aliphatic hydroxyl groups excluding tert-OH is 1. The number of rotatable bonds is 0. The van der Waals surface area contributed by atoms with Gasteiger partial charge in [-0.3, -0.25) is 4.79 Å². The Kier molecular flexibility index (Phi) is 7.12. The van der Waals surface area contributed by atoms with Crippen LogP contribution < -0.4 is 14.4 Å². The molecule has 2 heterocycles. The summed E-state index contributed by atoms with van der Waals surface area (Å²) in [6.45, 7) is 2.00. The minimum absolute atomic E-state index is 0.0256. The first kappa shape index (κ1) is 26.6. The third-order valence-electron chi connectivity index (χ3n) is 8.74. The van der Waals surface area contributed by atoms with Gasteiger partial charge in [-0.05, 0) is 91.5 Å². The third-order valence-corrected chi connectivity index (χ3v) is 9.99. The number of aryl methyl sites for hydroxylation is 1. The number of benzene rings is 2. The summed E-state index contributed by atoms with van der Waals surface area (Å²) in [5.74, 6) is 0.288. The fourth-order valence-electron chi connectivity index (χ4n) is 6.63. The Morgan fingerprint density at radius 3 is 2.85 bits per heavy atom. The zero-order chi connectivity index (χ0) is 27.2. The number of nitrogens with zero attached hydrogens (tertiary/aromatic N) is 1. The molecule has 4 aliphatic rings. The molecule has 2 N–H and O–H groups in total. The number of nitrogens with one attached hydrogen (secondary N) is 1. The zero-order valence-electron chi connectivity index (χ0n) is 21.6. The summed E-state index contributed by atoms with van der Waals surface area (Å²) < 4.78 is 39.1. The number of anilines is 1. The van der Waals surface area contributed by atoms with Gasteiger partial charge in [0, 0.05) is 34.5 Å². The van der Waals surface area contributed by atoms with Gasteiger partial charge >= 0.3 is 0 Å². The number of amides is 1. The molecule has 1 fully saturated rings. The van der Waals surface area contributed by atoms with Crippen LogP contribution in [-0.4, -0.2) is 58.4 Å². The fraction of sp³-hybridized carbons (Fsp3) is 0.483. The van der Waals surface area contributed by atoms with Crippen LogP contribution in [0.25, 0.3) is 0 Å². The third kappa shape index (κ3) is 5.29. The number of carbonyl (C=O) groups is 1. The molecule has 2 aromatic rings. The molecule has 0 unspecified atom stereocenters. The van der Waals surface area contributed by atoms with E-state index in [1.165, 1.54) is 17.2 Å². The van der Waals surface area contributed by atoms with Crippen molar-refractivity contribution in [3.8, 4) is 5.75 Å². The molecule has 8 nitrogen and oxygen atoms in total. The molecule has 2 bridgehead atoms. The van der Waals surface area contributed by atoms with E-state index in [0.29, 0.717) is 25.4 Å². The van der Waals surface area contributed by atoms with Crippen LogP contribution in [0.3, 0.4) is 0 Å². The van der Waals surface area contributed by atoms with Gasteiger partial charge in [0.25, 0.3) is 15.9 Å². The minimum Gasteiger partial charge on any atom is -0.490 e. The van der Waals surface area contributed by atoms with Crippen molar-refractivity contribution in [2.24, 2.45) is 11.8 Å². The van der Waals surface area contributed by atoms with Crippen molar-refractivity contribution in [2.45, 2.75) is 43.6 Å². The Morgan fingerprint density at radius 2 is 2.03 bits per heavy atom. The molecule has 6 rings (SSSR count). The summed E-state index contributed by atoms with van der Waals surface area (Å²) in [7, 11) is -4.01. The number of carbonyl (C=O) groups excluding carboxylic acids is 1. The van der Waals surface area contributed by atoms with Crippen LogP contribution in [0.2, 0.25) is 5.02 Å². The lowest BCUT2D eigenvalue weighted by atomic mass is 9.68. The van der Waals surface area contributed by atoms with Crippen molar-refractivity contribution in [3.63, 3.8) is 0 Å². The monoisotopic (exact) mass is 572 g/mol. The number of sulfonamides is 1. The molecule has 2 aromatic carbocycles. The van der Waals surface area contributed by atoms with Gasteiger partial charge in [0.05, 0.1) is 31.6 Å². The maximum absolute atomic E-state index is 13.0. The van der Waals surface area contributed by atoms with Crippen LogP contribution in [0.5, 0.6) is 5.75 Å². The fourth-order valence-corrected chi connectivity index (χ4v) is 7.61. The van der Waals surface area contributed by atoms with E-state index >= 15 is 0 Å². The smallest absolute Gasteiger partial charge is 0.265 e. The summed E-state index contributed by atoms with van der Waals surface area (Å²) in [6, 6.07) is 11.2. The Labute approximate surface area is 234 Å². The van der Waals surface area contributed by atoms with Gasteiger partial charge in [0.2, 0.25) is 0 Å². The maximum Gasteiger partial charge on any atom is 0.265 e. The normalized spacial score (nSPS) is 31.1. The van der Waals surface area contributed by atoms with E-state index in [-0.39, 0.29) is 36.0 Å². The van der Waals surface area contributed by atoms with Crippen LogP contribution in [-0.2, 0) is 26.6 Å². The average Bonchev–Trinajstić information content (AvgIpc) is 3.02. The largest absolute Gasteiger partial charge is 0.490 e. The zero-order valence-corrected chi connectivity index (χ0v) is 23.2. The summed E-state index contributed by atoms with van der Waals surface area (Å²) in [5.41, 5.74) is 3.21. The van der Waals surface area contributed by atoms with Crippen LogP contribution in [0.1, 0.15) is 47.2 Å². The van der Waals surface area contributed by atoms with Gasteiger partial charge in [0.1, 0.15) is 5.75 Å². The maximum atomic E-state index is 13.0. The van der Waals surface area contributed by atoms with Crippen LogP contribution in [0.15, 0.2) is 47.9 Å². The molecule has 0 saturated heterocycles. The number of hydrogen-bond acceptors (Lipinski definition) is 7. The molecule has 208 valence electrons. The number of halogens is 1. The molecular formula is C29H33ClN2O6S. The van der Waals surface area contributed by atoms with E-state index in [0.717, 1.165) is 48.2 Å². The van der Waals surface area contributed by atoms with E-state index in [1.807, 2.05) is 6.07 Å². The van der Waals surface area contributed by atoms with Crippen molar-refractivity contribution in [1.82, 2.24) is 4.72 Å². The SMILES string of the molecule is O=C1NS(=O)(=O)/C=C/COC[C@@H](O)[C@@H]2CC[C@H]2CN2C[C@@]3(CCCc4cc(Cl)ccc43)COc3ccc1cc32. The molecule has 2 aliphatic carbocycles. The molecule has 39 heavy (non-hydrogen) atoms. The number of hydrogen-bond donors (Lipinski definition) is 2. The second kappa shape index (κ2) is 10.4. The van der Waals surface area contributed by atoms with E-state index in [4.69, 9.17) is 21.1 Å². The molecule has 0 radical (unpaired) electrons. The van der Waals surface area contributed by atoms with Gasteiger partial charge in [-0.1, -0.05) is 17.7 Å². The summed E-state index contributed by atoms with van der Waals surface area (Å²) in [4.78, 5) is 15.3. The molecule has 1 spiro atoms. The molecule has 2 aliphatic heterocycles. The lowest BCUT2D eigenvalue weighted by Gasteiger charge is -2.45. The van der Waals surface area contributed by atoms with Crippen LogP contribution in [0, 0.1) is 11.8 Å². The Morgan fingerprint density at radius 1 is 1.15 bits per heavy atom. The number of ether oxygens (including phenoxy) is 2. The van der Waals surface area contributed by atoms with Gasteiger partial charge in [-0.25, -0.2) is 13.1 Å². The van der Waals surface area contributed by atoms with E-state index in [2.05, 4.69) is 21.8 Å². The first-order valence-corrected chi connectivity index (χ1v) is 15.5. The summed E-state index contributed by atoms with van der Waals surface area (Å²) in [6.07, 6.45) is 5.53. The van der Waals surface area contributed by atoms with Crippen molar-refractivity contribution in [1.29, 1.82) is 0 Å². The number of aliphatic hydroxyl groups is 1. The van der Waals surface area contributed by atoms with Crippen LogP contribution >= 0.6 is 11.6 Å².